The van der Waals surface area contributed by atoms with Crippen LogP contribution in [-0.4, -0.2) is 20.4 Å². The Hall–Kier alpha value is -0.770. The number of hydrogen-bond acceptors (Lipinski definition) is 3. The maximum atomic E-state index is 6.10. The quantitative estimate of drug-likeness (QED) is 0.815. The zero-order valence-corrected chi connectivity index (χ0v) is 8.67. The number of nitrogens with one attached hydrogen (secondary N) is 1. The van der Waals surface area contributed by atoms with Crippen molar-refractivity contribution in [3.63, 3.8) is 0 Å². The number of rotatable bonds is 2. The van der Waals surface area contributed by atoms with Crippen molar-refractivity contribution in [2.45, 2.75) is 6.10 Å². The van der Waals surface area contributed by atoms with Gasteiger partial charge in [0.05, 0.1) is 18.9 Å². The lowest BCUT2D eigenvalue weighted by Gasteiger charge is -2.14. The average molecular weight is 214 g/mol. The molecule has 0 radical (unpaired) electrons. The molecule has 0 spiro atoms. The van der Waals surface area contributed by atoms with Gasteiger partial charge in [-0.3, -0.25) is 5.32 Å². The Kier molecular flexibility index (Phi) is 2.91. The molecule has 3 nitrogen and oxygen atoms in total. The number of ether oxygens (including phenoxy) is 2. The van der Waals surface area contributed by atoms with Gasteiger partial charge in [-0.15, -0.1) is 0 Å². The number of hydrogen-bond donors (Lipinski definition) is 1. The maximum Gasteiger partial charge on any atom is 0.126 e. The van der Waals surface area contributed by atoms with Gasteiger partial charge in [-0.2, -0.15) is 0 Å². The fraction of sp³-hybridized carbons (Fsp3) is 0.400. The summed E-state index contributed by atoms with van der Waals surface area (Å²) in [6.07, 6.45) is -0.00125. The van der Waals surface area contributed by atoms with Gasteiger partial charge in [0.25, 0.3) is 0 Å². The van der Waals surface area contributed by atoms with Crippen LogP contribution in [0.2, 0.25) is 5.02 Å². The Morgan fingerprint density at radius 2 is 2.43 bits per heavy atom. The molecule has 1 N–H and O–H groups in total. The highest BCUT2D eigenvalue weighted by molar-refractivity contribution is 6.31. The highest BCUT2D eigenvalue weighted by Gasteiger charge is 2.23. The fourth-order valence-corrected chi connectivity index (χ4v) is 1.89. The predicted molar refractivity (Wildman–Crippen MR) is 54.7 cm³/mol. The molecule has 1 aromatic rings. The molecule has 76 valence electrons. The fourth-order valence-electron chi connectivity index (χ4n) is 1.60. The third-order valence-corrected chi connectivity index (χ3v) is 2.60. The van der Waals surface area contributed by atoms with E-state index in [4.69, 9.17) is 21.1 Å². The molecule has 1 fully saturated rings. The van der Waals surface area contributed by atoms with Gasteiger partial charge in [0, 0.05) is 12.1 Å². The summed E-state index contributed by atoms with van der Waals surface area (Å²) in [6, 6.07) is 5.61. The molecule has 1 heterocycles. The molecule has 1 unspecified atom stereocenters. The Morgan fingerprint density at radius 1 is 1.57 bits per heavy atom. The second-order valence-electron chi connectivity index (χ2n) is 3.11. The maximum absolute atomic E-state index is 6.10. The summed E-state index contributed by atoms with van der Waals surface area (Å²) in [5.74, 6) is 0.784. The largest absolute Gasteiger partial charge is 0.496 e. The minimum absolute atomic E-state index is 0.00125. The van der Waals surface area contributed by atoms with Crippen LogP contribution in [0.15, 0.2) is 18.2 Å². The average Bonchev–Trinajstić information content (AvgIpc) is 2.70. The Balaban J connectivity index is 2.37. The summed E-state index contributed by atoms with van der Waals surface area (Å²) >= 11 is 6.10. The predicted octanol–water partition coefficient (Wildman–Crippen LogP) is 1.97. The topological polar surface area (TPSA) is 30.5 Å². The molecule has 1 aromatic carbocycles. The van der Waals surface area contributed by atoms with Crippen LogP contribution < -0.4 is 10.1 Å². The Morgan fingerprint density at radius 3 is 3.07 bits per heavy atom. The highest BCUT2D eigenvalue weighted by atomic mass is 35.5. The molecular weight excluding hydrogens is 202 g/mol. The minimum atomic E-state index is -0.00125. The summed E-state index contributed by atoms with van der Waals surface area (Å²) in [5.41, 5.74) is 0.932. The third-order valence-electron chi connectivity index (χ3n) is 2.27. The lowest BCUT2D eigenvalue weighted by atomic mass is 10.1. The normalized spacial score (nSPS) is 21.1. The van der Waals surface area contributed by atoms with Gasteiger partial charge in [-0.05, 0) is 12.1 Å². The van der Waals surface area contributed by atoms with Gasteiger partial charge in [-0.1, -0.05) is 17.7 Å². The van der Waals surface area contributed by atoms with E-state index >= 15 is 0 Å². The monoisotopic (exact) mass is 213 g/mol. The standard InChI is InChI=1S/C10H12ClNO2/c1-13-8-4-2-3-7(11)10(8)9-5-12-6-14-9/h2-4,9,12H,5-6H2,1H3. The Labute approximate surface area is 88.0 Å². The number of benzene rings is 1. The van der Waals surface area contributed by atoms with Crippen molar-refractivity contribution in [1.29, 1.82) is 0 Å². The molecule has 1 atom stereocenters. The second-order valence-corrected chi connectivity index (χ2v) is 3.52. The molecule has 0 bridgehead atoms. The molecule has 1 aliphatic heterocycles. The molecule has 2 rings (SSSR count). The van der Waals surface area contributed by atoms with Crippen molar-refractivity contribution in [2.75, 3.05) is 20.4 Å². The van der Waals surface area contributed by atoms with E-state index in [0.29, 0.717) is 11.8 Å². The molecular formula is C10H12ClNO2. The van der Waals surface area contributed by atoms with Gasteiger partial charge in [0.1, 0.15) is 11.9 Å². The smallest absolute Gasteiger partial charge is 0.126 e. The van der Waals surface area contributed by atoms with E-state index in [0.717, 1.165) is 17.9 Å². The molecule has 0 amide bonds. The van der Waals surface area contributed by atoms with E-state index in [1.165, 1.54) is 0 Å². The lowest BCUT2D eigenvalue weighted by Crippen LogP contribution is -2.09. The first-order valence-corrected chi connectivity index (χ1v) is 4.85. The van der Waals surface area contributed by atoms with Gasteiger partial charge in [0.15, 0.2) is 0 Å². The van der Waals surface area contributed by atoms with Crippen LogP contribution in [0.5, 0.6) is 5.75 Å². The van der Waals surface area contributed by atoms with Crippen molar-refractivity contribution in [1.82, 2.24) is 5.32 Å². The summed E-state index contributed by atoms with van der Waals surface area (Å²) in [6.45, 7) is 1.35. The molecule has 1 saturated heterocycles. The molecule has 14 heavy (non-hydrogen) atoms. The van der Waals surface area contributed by atoms with Crippen LogP contribution in [0.25, 0.3) is 0 Å². The molecule has 0 aromatic heterocycles. The van der Waals surface area contributed by atoms with E-state index in [-0.39, 0.29) is 6.10 Å². The van der Waals surface area contributed by atoms with Gasteiger partial charge < -0.3 is 9.47 Å². The van der Waals surface area contributed by atoms with E-state index in [1.54, 1.807) is 7.11 Å². The van der Waals surface area contributed by atoms with E-state index in [9.17, 15) is 0 Å². The highest BCUT2D eigenvalue weighted by Crippen LogP contribution is 2.34. The third kappa shape index (κ3) is 1.71. The van der Waals surface area contributed by atoms with E-state index < -0.39 is 0 Å². The summed E-state index contributed by atoms with van der Waals surface area (Å²) in [7, 11) is 1.64. The van der Waals surface area contributed by atoms with Crippen LogP contribution in [0.1, 0.15) is 11.7 Å². The summed E-state index contributed by atoms with van der Waals surface area (Å²) in [4.78, 5) is 0. The zero-order chi connectivity index (χ0) is 9.97. The van der Waals surface area contributed by atoms with Crippen molar-refractivity contribution in [2.24, 2.45) is 0 Å². The SMILES string of the molecule is COc1cccc(Cl)c1C1CNCO1. The molecule has 4 heteroatoms. The Bertz CT molecular complexity index is 324. The first-order valence-electron chi connectivity index (χ1n) is 4.47. The zero-order valence-electron chi connectivity index (χ0n) is 7.92. The number of halogens is 1. The minimum Gasteiger partial charge on any atom is -0.496 e. The second kappa shape index (κ2) is 4.17. The molecule has 1 aliphatic rings. The molecule has 0 aliphatic carbocycles. The number of methoxy groups -OCH3 is 1. The van der Waals surface area contributed by atoms with Crippen molar-refractivity contribution in [3.8, 4) is 5.75 Å². The van der Waals surface area contributed by atoms with Gasteiger partial charge >= 0.3 is 0 Å². The van der Waals surface area contributed by atoms with Crippen molar-refractivity contribution < 1.29 is 9.47 Å². The van der Waals surface area contributed by atoms with E-state index in [2.05, 4.69) is 5.32 Å². The van der Waals surface area contributed by atoms with Crippen LogP contribution in [-0.2, 0) is 4.74 Å². The van der Waals surface area contributed by atoms with E-state index in [1.807, 2.05) is 18.2 Å². The molecule has 0 saturated carbocycles. The van der Waals surface area contributed by atoms with Gasteiger partial charge in [0.2, 0.25) is 0 Å². The van der Waals surface area contributed by atoms with Crippen molar-refractivity contribution >= 4 is 11.6 Å². The summed E-state index contributed by atoms with van der Waals surface area (Å²) < 4.78 is 10.7. The van der Waals surface area contributed by atoms with Crippen LogP contribution in [0.3, 0.4) is 0 Å². The lowest BCUT2D eigenvalue weighted by molar-refractivity contribution is 0.112. The first-order chi connectivity index (χ1) is 6.83. The van der Waals surface area contributed by atoms with Crippen LogP contribution in [0, 0.1) is 0 Å². The first kappa shape index (κ1) is 9.77. The van der Waals surface area contributed by atoms with Crippen LogP contribution >= 0.6 is 11.6 Å². The van der Waals surface area contributed by atoms with Gasteiger partial charge in [-0.25, -0.2) is 0 Å². The van der Waals surface area contributed by atoms with Crippen LogP contribution in [0.4, 0.5) is 0 Å². The summed E-state index contributed by atoms with van der Waals surface area (Å²) in [5, 5.41) is 3.81. The van der Waals surface area contributed by atoms with Crippen molar-refractivity contribution in [3.05, 3.63) is 28.8 Å².